The molecule has 0 aliphatic carbocycles. The molecule has 1 aliphatic rings. The van der Waals surface area contributed by atoms with Crippen LogP contribution in [0.5, 0.6) is 5.75 Å². The molecule has 0 bridgehead atoms. The quantitative estimate of drug-likeness (QED) is 0.452. The van der Waals surface area contributed by atoms with Crippen LogP contribution in [0.3, 0.4) is 0 Å². The van der Waals surface area contributed by atoms with E-state index in [4.69, 9.17) is 28.1 Å². The van der Waals surface area contributed by atoms with Gasteiger partial charge in [-0.15, -0.1) is 10.2 Å². The molecule has 1 aromatic carbocycles. The van der Waals surface area contributed by atoms with E-state index in [1.54, 1.807) is 7.11 Å². The molecule has 1 fully saturated rings. The lowest BCUT2D eigenvalue weighted by Gasteiger charge is -2.28. The number of ether oxygens (including phenoxy) is 2. The molecule has 24 heavy (non-hydrogen) atoms. The van der Waals surface area contributed by atoms with Gasteiger partial charge in [0.1, 0.15) is 19.6 Å². The van der Waals surface area contributed by atoms with Crippen LogP contribution >= 0.6 is 0 Å². The van der Waals surface area contributed by atoms with Crippen LogP contribution in [0.4, 0.5) is 0 Å². The minimum atomic E-state index is -4.94. The van der Waals surface area contributed by atoms with E-state index in [1.807, 2.05) is 0 Å². The number of benzene rings is 1. The zero-order valence-corrected chi connectivity index (χ0v) is 17.0. The average Bonchev–Trinajstić information content (AvgIpc) is 2.45. The van der Waals surface area contributed by atoms with Crippen molar-refractivity contribution in [2.24, 2.45) is 0 Å². The fourth-order valence-electron chi connectivity index (χ4n) is 2.43. The Kier molecular flexibility index (Phi) is 8.50. The van der Waals surface area contributed by atoms with Gasteiger partial charge in [0, 0.05) is 5.56 Å². The monoisotopic (exact) mass is 396 g/mol. The SMILES string of the molecule is COc1ccc([C@H]2COCC[S+]2C[Si](C)(C)C)cc1.[O-][Cl+3]([O-])([O-])[O-]. The summed E-state index contributed by atoms with van der Waals surface area (Å²) in [6, 6.07) is 8.56. The highest BCUT2D eigenvalue weighted by Crippen LogP contribution is 2.31. The van der Waals surface area contributed by atoms with Crippen LogP contribution in [-0.4, -0.2) is 39.5 Å². The molecule has 2 atom stereocenters. The van der Waals surface area contributed by atoms with Crippen molar-refractivity contribution >= 4 is 19.0 Å². The third-order valence-electron chi connectivity index (χ3n) is 3.27. The molecule has 0 spiro atoms. The summed E-state index contributed by atoms with van der Waals surface area (Å²) in [6.07, 6.45) is 0. The van der Waals surface area contributed by atoms with Crippen molar-refractivity contribution in [2.75, 3.05) is 31.5 Å². The van der Waals surface area contributed by atoms with Gasteiger partial charge in [0.15, 0.2) is 5.25 Å². The molecule has 0 N–H and O–H groups in total. The van der Waals surface area contributed by atoms with E-state index in [9.17, 15) is 0 Å². The molecule has 0 amide bonds. The summed E-state index contributed by atoms with van der Waals surface area (Å²) in [6.45, 7) is 9.25. The molecular weight excluding hydrogens is 372 g/mol. The Morgan fingerprint density at radius 3 is 2.17 bits per heavy atom. The van der Waals surface area contributed by atoms with Crippen molar-refractivity contribution in [1.29, 1.82) is 0 Å². The van der Waals surface area contributed by atoms with Crippen LogP contribution in [0.1, 0.15) is 10.8 Å². The predicted octanol–water partition coefficient (Wildman–Crippen LogP) is -1.49. The van der Waals surface area contributed by atoms with Crippen molar-refractivity contribution < 1.29 is 38.4 Å². The second-order valence-electron chi connectivity index (χ2n) is 6.66. The molecule has 1 aliphatic heterocycles. The molecule has 1 heterocycles. The number of rotatable bonds is 4. The summed E-state index contributed by atoms with van der Waals surface area (Å²) in [7, 11) is -3.75. The summed E-state index contributed by atoms with van der Waals surface area (Å²) < 4.78 is 44.9. The predicted molar refractivity (Wildman–Crippen MR) is 87.0 cm³/mol. The maximum Gasteiger partial charge on any atom is 0.166 e. The van der Waals surface area contributed by atoms with Crippen molar-refractivity contribution in [2.45, 2.75) is 24.9 Å². The zero-order chi connectivity index (χ0) is 18.4. The zero-order valence-electron chi connectivity index (χ0n) is 14.5. The van der Waals surface area contributed by atoms with E-state index in [0.717, 1.165) is 19.0 Å². The second kappa shape index (κ2) is 9.40. The van der Waals surface area contributed by atoms with E-state index in [2.05, 4.69) is 43.9 Å². The Labute approximate surface area is 149 Å². The lowest BCUT2D eigenvalue weighted by atomic mass is 10.1. The average molecular weight is 397 g/mol. The smallest absolute Gasteiger partial charge is 0.166 e. The fraction of sp³-hybridized carbons (Fsp3) is 0.600. The van der Waals surface area contributed by atoms with Crippen LogP contribution in [0.15, 0.2) is 24.3 Å². The molecule has 138 valence electrons. The molecule has 0 aromatic heterocycles. The molecule has 1 aromatic rings. The lowest BCUT2D eigenvalue weighted by Crippen LogP contribution is -2.68. The summed E-state index contributed by atoms with van der Waals surface area (Å²) in [5, 5.41) is 2.01. The van der Waals surface area contributed by atoms with Crippen LogP contribution in [0.25, 0.3) is 0 Å². The van der Waals surface area contributed by atoms with Gasteiger partial charge in [0.25, 0.3) is 0 Å². The lowest BCUT2D eigenvalue weighted by molar-refractivity contribution is -2.00. The second-order valence-corrected chi connectivity index (χ2v) is 15.7. The molecule has 1 saturated heterocycles. The molecular formula is C15H25ClO6SSi. The van der Waals surface area contributed by atoms with Gasteiger partial charge in [-0.3, -0.25) is 0 Å². The minimum Gasteiger partial charge on any atom is -0.497 e. The van der Waals surface area contributed by atoms with Gasteiger partial charge < -0.3 is 9.47 Å². The summed E-state index contributed by atoms with van der Waals surface area (Å²) in [5.41, 5.74) is 1.42. The largest absolute Gasteiger partial charge is 0.497 e. The van der Waals surface area contributed by atoms with Gasteiger partial charge in [-0.1, -0.05) is 31.8 Å². The molecule has 6 nitrogen and oxygen atoms in total. The molecule has 0 saturated carbocycles. The maximum absolute atomic E-state index is 8.49. The fourth-order valence-corrected chi connectivity index (χ4v) is 9.71. The maximum atomic E-state index is 8.49. The third kappa shape index (κ3) is 9.24. The normalized spacial score (nSPS) is 21.7. The number of hydrogen-bond donors (Lipinski definition) is 0. The minimum absolute atomic E-state index is 0.484. The van der Waals surface area contributed by atoms with E-state index in [0.29, 0.717) is 16.1 Å². The standard InChI is InChI=1S/C15H25O2SSi.ClHO4/c1-16-14-7-5-13(6-8-14)15-11-17-9-10-18(15)12-19(2,3)4;2-1(3,4)5/h5-8,15H,9-12H2,1-4H3;(H,2,3,4,5)/q+1;/p-1/t15-,18?;/m1./s1. The summed E-state index contributed by atoms with van der Waals surface area (Å²) in [4.78, 5) is 0. The van der Waals surface area contributed by atoms with Gasteiger partial charge in [-0.2, -0.15) is 0 Å². The van der Waals surface area contributed by atoms with Crippen LogP contribution in [0, 0.1) is 10.2 Å². The Morgan fingerprint density at radius 1 is 1.17 bits per heavy atom. The topological polar surface area (TPSA) is 111 Å². The molecule has 9 heteroatoms. The first-order valence-electron chi connectivity index (χ1n) is 7.49. The van der Waals surface area contributed by atoms with Crippen LogP contribution in [0.2, 0.25) is 19.6 Å². The van der Waals surface area contributed by atoms with Gasteiger partial charge in [0.05, 0.1) is 25.7 Å². The highest BCUT2D eigenvalue weighted by molar-refractivity contribution is 7.98. The van der Waals surface area contributed by atoms with E-state index >= 15 is 0 Å². The van der Waals surface area contributed by atoms with Crippen molar-refractivity contribution in [1.82, 2.24) is 0 Å². The Balaban J connectivity index is 0.000000505. The van der Waals surface area contributed by atoms with E-state index in [-0.39, 0.29) is 0 Å². The van der Waals surface area contributed by atoms with E-state index in [1.165, 1.54) is 16.7 Å². The van der Waals surface area contributed by atoms with Crippen LogP contribution in [-0.2, 0) is 15.6 Å². The molecule has 0 radical (unpaired) electrons. The van der Waals surface area contributed by atoms with Crippen molar-refractivity contribution in [3.05, 3.63) is 29.8 Å². The van der Waals surface area contributed by atoms with Crippen LogP contribution < -0.4 is 23.4 Å². The number of halogens is 1. The Bertz CT molecular complexity index is 482. The van der Waals surface area contributed by atoms with Crippen molar-refractivity contribution in [3.63, 3.8) is 0 Å². The highest BCUT2D eigenvalue weighted by atomic mass is 35.7. The first kappa shape index (κ1) is 21.7. The molecule has 2 rings (SSSR count). The summed E-state index contributed by atoms with van der Waals surface area (Å²) >= 11 is 0. The first-order chi connectivity index (χ1) is 11.0. The molecule has 1 unspecified atom stereocenters. The summed E-state index contributed by atoms with van der Waals surface area (Å²) in [5.74, 6) is 2.17. The third-order valence-corrected chi connectivity index (χ3v) is 10.1. The number of methoxy groups -OCH3 is 1. The van der Waals surface area contributed by atoms with Gasteiger partial charge in [-0.05, 0) is 23.0 Å². The first-order valence-corrected chi connectivity index (χ1v) is 14.1. The highest BCUT2D eigenvalue weighted by Gasteiger charge is 2.39. The van der Waals surface area contributed by atoms with Crippen molar-refractivity contribution in [3.8, 4) is 5.75 Å². The van der Waals surface area contributed by atoms with Gasteiger partial charge >= 0.3 is 0 Å². The van der Waals surface area contributed by atoms with Gasteiger partial charge in [0.2, 0.25) is 0 Å². The van der Waals surface area contributed by atoms with Gasteiger partial charge in [-0.25, -0.2) is 18.6 Å². The Hall–Kier alpha value is -0.323. The van der Waals surface area contributed by atoms with E-state index < -0.39 is 18.3 Å². The Morgan fingerprint density at radius 2 is 1.71 bits per heavy atom. The number of hydrogen-bond acceptors (Lipinski definition) is 6.